The molecule has 0 spiro atoms. The second kappa shape index (κ2) is 11.2. The second-order valence-corrected chi connectivity index (χ2v) is 8.76. The number of hydrogen-bond acceptors (Lipinski definition) is 8. The van der Waals surface area contributed by atoms with Crippen LogP contribution >= 0.6 is 15.9 Å². The Morgan fingerprint density at radius 2 is 1.91 bits per heavy atom. The van der Waals surface area contributed by atoms with Crippen molar-refractivity contribution in [2.24, 2.45) is 0 Å². The van der Waals surface area contributed by atoms with Gasteiger partial charge < -0.3 is 14.8 Å². The van der Waals surface area contributed by atoms with E-state index in [4.69, 9.17) is 20.9 Å². The highest BCUT2D eigenvalue weighted by molar-refractivity contribution is 9.10. The first-order valence-electron chi connectivity index (χ1n) is 11.0. The van der Waals surface area contributed by atoms with Gasteiger partial charge in [-0.3, -0.25) is 0 Å². The van der Waals surface area contributed by atoms with Crippen molar-refractivity contribution in [3.63, 3.8) is 0 Å². The Kier molecular flexibility index (Phi) is 7.78. The van der Waals surface area contributed by atoms with Gasteiger partial charge in [0.1, 0.15) is 10.2 Å². The van der Waals surface area contributed by atoms with Gasteiger partial charge >= 0.3 is 0 Å². The standard InChI is InChI=1S/C25H23BrN6O3/c1-15-12-17(14-27)13-16(2)22(15)34-24-21(26)23(32-35-20-6-4-5-11-33-20)30-25(31-24)29-19-9-7-18(28-3)8-10-19/h7-10,12-13,20H,4-6,11H2,1-2H3,(H2,29,30,31,32). The van der Waals surface area contributed by atoms with E-state index in [0.29, 0.717) is 39.6 Å². The zero-order chi connectivity index (χ0) is 24.8. The average molecular weight is 535 g/mol. The molecule has 1 unspecified atom stereocenters. The van der Waals surface area contributed by atoms with Crippen LogP contribution in [0, 0.1) is 31.8 Å². The van der Waals surface area contributed by atoms with Crippen LogP contribution in [0.5, 0.6) is 11.6 Å². The van der Waals surface area contributed by atoms with Crippen LogP contribution in [0.1, 0.15) is 36.0 Å². The fourth-order valence-electron chi connectivity index (χ4n) is 3.56. The largest absolute Gasteiger partial charge is 0.437 e. The number of halogens is 1. The lowest BCUT2D eigenvalue weighted by molar-refractivity contribution is -0.145. The maximum atomic E-state index is 9.25. The first-order chi connectivity index (χ1) is 17.0. The summed E-state index contributed by atoms with van der Waals surface area (Å²) in [6.07, 6.45) is 2.44. The maximum Gasteiger partial charge on any atom is 0.240 e. The fraction of sp³-hybridized carbons (Fsp3) is 0.280. The number of aromatic nitrogens is 2. The highest BCUT2D eigenvalue weighted by Crippen LogP contribution is 2.37. The molecule has 1 aliphatic heterocycles. The molecular weight excluding hydrogens is 512 g/mol. The first-order valence-corrected chi connectivity index (χ1v) is 11.8. The van der Waals surface area contributed by atoms with E-state index in [1.165, 1.54) is 0 Å². The van der Waals surface area contributed by atoms with Crippen LogP contribution < -0.4 is 15.5 Å². The Morgan fingerprint density at radius 3 is 2.54 bits per heavy atom. The molecule has 9 nitrogen and oxygen atoms in total. The minimum atomic E-state index is -0.379. The van der Waals surface area contributed by atoms with Crippen LogP contribution in [0.15, 0.2) is 40.9 Å². The fourth-order valence-corrected chi connectivity index (χ4v) is 3.90. The molecule has 2 N–H and O–H groups in total. The van der Waals surface area contributed by atoms with Crippen LogP contribution in [0.3, 0.4) is 0 Å². The molecule has 0 aliphatic carbocycles. The number of hydrogen-bond donors (Lipinski definition) is 2. The molecule has 1 saturated heterocycles. The summed E-state index contributed by atoms with van der Waals surface area (Å²) in [6.45, 7) is 11.5. The van der Waals surface area contributed by atoms with E-state index in [1.807, 2.05) is 13.8 Å². The molecule has 1 aromatic heterocycles. The Bertz CT molecular complexity index is 1270. The predicted molar refractivity (Wildman–Crippen MR) is 135 cm³/mol. The molecule has 2 aromatic carbocycles. The molecule has 1 aliphatic rings. The van der Waals surface area contributed by atoms with Crippen molar-refractivity contribution in [3.8, 4) is 17.7 Å². The van der Waals surface area contributed by atoms with Gasteiger partial charge in [0.2, 0.25) is 11.8 Å². The van der Waals surface area contributed by atoms with Crippen molar-refractivity contribution in [1.29, 1.82) is 5.26 Å². The van der Waals surface area contributed by atoms with E-state index in [0.717, 1.165) is 30.4 Å². The minimum absolute atomic E-state index is 0.256. The molecule has 4 rings (SSSR count). The Balaban J connectivity index is 1.66. The van der Waals surface area contributed by atoms with Crippen LogP contribution in [0.25, 0.3) is 4.85 Å². The number of benzene rings is 2. The van der Waals surface area contributed by atoms with Crippen LogP contribution in [0.2, 0.25) is 0 Å². The molecule has 10 heteroatoms. The number of aryl methyl sites for hydroxylation is 2. The van der Waals surface area contributed by atoms with Crippen molar-refractivity contribution >= 4 is 39.1 Å². The van der Waals surface area contributed by atoms with E-state index in [1.54, 1.807) is 36.4 Å². The van der Waals surface area contributed by atoms with Crippen molar-refractivity contribution in [1.82, 2.24) is 9.97 Å². The van der Waals surface area contributed by atoms with Crippen LogP contribution in [-0.2, 0) is 9.57 Å². The highest BCUT2D eigenvalue weighted by atomic mass is 79.9. The third-order valence-corrected chi connectivity index (χ3v) is 6.00. The molecule has 0 radical (unpaired) electrons. The maximum absolute atomic E-state index is 9.25. The number of nitrogens with zero attached hydrogens (tertiary/aromatic N) is 4. The van der Waals surface area contributed by atoms with E-state index >= 15 is 0 Å². The third-order valence-electron chi connectivity index (χ3n) is 5.29. The lowest BCUT2D eigenvalue weighted by atomic mass is 10.1. The molecule has 0 bridgehead atoms. The summed E-state index contributed by atoms with van der Waals surface area (Å²) >= 11 is 3.53. The number of anilines is 3. The number of ether oxygens (including phenoxy) is 2. The molecule has 3 aromatic rings. The van der Waals surface area contributed by atoms with Gasteiger partial charge in [-0.1, -0.05) is 12.1 Å². The Hall–Kier alpha value is -3.70. The third kappa shape index (κ3) is 6.06. The first kappa shape index (κ1) is 24.4. The number of nitrogens with one attached hydrogen (secondary N) is 2. The van der Waals surface area contributed by atoms with Gasteiger partial charge in [0.05, 0.1) is 18.2 Å². The molecular formula is C25H23BrN6O3. The lowest BCUT2D eigenvalue weighted by Gasteiger charge is -2.23. The van der Waals surface area contributed by atoms with Gasteiger partial charge in [0.15, 0.2) is 17.8 Å². The molecule has 1 fully saturated rings. The summed E-state index contributed by atoms with van der Waals surface area (Å²) in [5, 5.41) is 12.4. The number of nitriles is 1. The number of rotatable bonds is 7. The van der Waals surface area contributed by atoms with Gasteiger partial charge in [-0.15, -0.1) is 0 Å². The highest BCUT2D eigenvalue weighted by Gasteiger charge is 2.20. The normalized spacial score (nSPS) is 15.1. The van der Waals surface area contributed by atoms with E-state index < -0.39 is 0 Å². The molecule has 1 atom stereocenters. The second-order valence-electron chi connectivity index (χ2n) is 7.97. The van der Waals surface area contributed by atoms with E-state index in [2.05, 4.69) is 47.6 Å². The van der Waals surface area contributed by atoms with Crippen molar-refractivity contribution in [3.05, 3.63) is 69.0 Å². The minimum Gasteiger partial charge on any atom is -0.437 e. The summed E-state index contributed by atoms with van der Waals surface area (Å²) in [5.74, 6) is 1.47. The van der Waals surface area contributed by atoms with Crippen LogP contribution in [0.4, 0.5) is 23.1 Å². The molecule has 178 valence electrons. The molecule has 35 heavy (non-hydrogen) atoms. The Labute approximate surface area is 212 Å². The SMILES string of the molecule is [C-]#[N+]c1ccc(Nc2nc(NOC3CCCCO3)c(Br)c(Oc3c(C)cc(C#N)cc3C)n2)cc1. The van der Waals surface area contributed by atoms with Crippen LogP contribution in [-0.4, -0.2) is 22.9 Å². The van der Waals surface area contributed by atoms with Gasteiger partial charge in [0.25, 0.3) is 0 Å². The van der Waals surface area contributed by atoms with Gasteiger partial charge in [-0.2, -0.15) is 15.2 Å². The van der Waals surface area contributed by atoms with Crippen molar-refractivity contribution in [2.75, 3.05) is 17.4 Å². The summed E-state index contributed by atoms with van der Waals surface area (Å²) < 4.78 is 12.3. The Morgan fingerprint density at radius 1 is 1.17 bits per heavy atom. The smallest absolute Gasteiger partial charge is 0.240 e. The topological polar surface area (TPSA) is 106 Å². The van der Waals surface area contributed by atoms with E-state index in [9.17, 15) is 5.26 Å². The zero-order valence-electron chi connectivity index (χ0n) is 19.3. The van der Waals surface area contributed by atoms with Gasteiger partial charge in [-0.25, -0.2) is 15.2 Å². The molecule has 0 saturated carbocycles. The van der Waals surface area contributed by atoms with Gasteiger partial charge in [-0.05, 0) is 78.0 Å². The zero-order valence-corrected chi connectivity index (χ0v) is 20.8. The molecule has 2 heterocycles. The summed E-state index contributed by atoms with van der Waals surface area (Å²) in [5.41, 5.74) is 6.28. The summed E-state index contributed by atoms with van der Waals surface area (Å²) in [6, 6.07) is 12.6. The van der Waals surface area contributed by atoms with E-state index in [-0.39, 0.29) is 18.1 Å². The quantitative estimate of drug-likeness (QED) is 0.255. The summed E-state index contributed by atoms with van der Waals surface area (Å²) in [7, 11) is 0. The van der Waals surface area contributed by atoms with Crippen molar-refractivity contribution in [2.45, 2.75) is 39.4 Å². The average Bonchev–Trinajstić information content (AvgIpc) is 2.87. The summed E-state index contributed by atoms with van der Waals surface area (Å²) in [4.78, 5) is 18.2. The van der Waals surface area contributed by atoms with Gasteiger partial charge in [0, 0.05) is 18.7 Å². The van der Waals surface area contributed by atoms with Crippen molar-refractivity contribution < 1.29 is 14.3 Å². The molecule has 0 amide bonds. The predicted octanol–water partition coefficient (Wildman–Crippen LogP) is 6.68. The monoisotopic (exact) mass is 534 g/mol. The lowest BCUT2D eigenvalue weighted by Crippen LogP contribution is -2.25.